The highest BCUT2D eigenvalue weighted by Gasteiger charge is 2.17. The summed E-state index contributed by atoms with van der Waals surface area (Å²) in [6.07, 6.45) is 11.8. The Balaban J connectivity index is 2.26. The topological polar surface area (TPSA) is 55.1 Å². The quantitative estimate of drug-likeness (QED) is 0.404. The minimum absolute atomic E-state index is 0.307. The number of rotatable bonds is 8. The molecule has 0 aromatic heterocycles. The van der Waals surface area contributed by atoms with E-state index in [-0.39, 0.29) is 0 Å². The van der Waals surface area contributed by atoms with Crippen LogP contribution in [-0.4, -0.2) is 17.8 Å². The molecule has 0 bridgehead atoms. The summed E-state index contributed by atoms with van der Waals surface area (Å²) in [5.74, 6) is 0.307. The molecule has 0 aliphatic heterocycles. The summed E-state index contributed by atoms with van der Waals surface area (Å²) in [6.45, 7) is 4.64. The van der Waals surface area contributed by atoms with E-state index < -0.39 is 11.3 Å². The first-order valence-corrected chi connectivity index (χ1v) is 6.69. The van der Waals surface area contributed by atoms with Crippen LogP contribution in [0.4, 0.5) is 0 Å². The molecule has 18 heavy (non-hydrogen) atoms. The predicted molar refractivity (Wildman–Crippen MR) is 76.2 cm³/mol. The Morgan fingerprint density at radius 1 is 1.72 bits per heavy atom. The molecule has 3 nitrogen and oxygen atoms in total. The summed E-state index contributed by atoms with van der Waals surface area (Å²) in [5.41, 5.74) is 6.77. The third-order valence-electron chi connectivity index (χ3n) is 2.95. The second kappa shape index (κ2) is 8.11. The summed E-state index contributed by atoms with van der Waals surface area (Å²) < 4.78 is 0. The van der Waals surface area contributed by atoms with Crippen LogP contribution in [0.2, 0.25) is 0 Å². The fourth-order valence-electron chi connectivity index (χ4n) is 1.87. The highest BCUT2D eigenvalue weighted by atomic mass is 35.5. The number of allylic oxidation sites excluding steroid dienone is 4. The number of hydrogen-bond acceptors (Lipinski definition) is 3. The van der Waals surface area contributed by atoms with Gasteiger partial charge in [-0.05, 0) is 49.3 Å². The molecule has 100 valence electrons. The average molecular weight is 269 g/mol. The van der Waals surface area contributed by atoms with Crippen LogP contribution < -0.4 is 11.1 Å². The summed E-state index contributed by atoms with van der Waals surface area (Å²) in [7, 11) is 0. The van der Waals surface area contributed by atoms with Crippen molar-refractivity contribution in [3.8, 4) is 0 Å². The van der Waals surface area contributed by atoms with Crippen molar-refractivity contribution in [2.24, 2.45) is 11.7 Å². The SMILES string of the molecule is C=CCCCNC1=CC[C@@H](C[C@@H](N)C(=O)Cl)C=C1. The average Bonchev–Trinajstić information content (AvgIpc) is 2.36. The van der Waals surface area contributed by atoms with Crippen LogP contribution in [0.25, 0.3) is 0 Å². The van der Waals surface area contributed by atoms with E-state index in [1.54, 1.807) is 0 Å². The van der Waals surface area contributed by atoms with Crippen LogP contribution in [0.1, 0.15) is 25.7 Å². The molecule has 2 atom stereocenters. The Labute approximate surface area is 114 Å². The largest absolute Gasteiger partial charge is 0.385 e. The number of carbonyl (C=O) groups excluding carboxylic acids is 1. The molecule has 1 aliphatic rings. The Morgan fingerprint density at radius 2 is 2.50 bits per heavy atom. The predicted octanol–water partition coefficient (Wildman–Crippen LogP) is 2.49. The van der Waals surface area contributed by atoms with Crippen molar-refractivity contribution in [1.82, 2.24) is 5.32 Å². The van der Waals surface area contributed by atoms with Crippen LogP contribution in [-0.2, 0) is 4.79 Å². The highest BCUT2D eigenvalue weighted by molar-refractivity contribution is 6.64. The van der Waals surface area contributed by atoms with Gasteiger partial charge in [-0.15, -0.1) is 6.58 Å². The Bertz CT molecular complexity index is 350. The third kappa shape index (κ3) is 5.52. The molecule has 0 spiro atoms. The standard InChI is InChI=1S/C14H21ClN2O/c1-2-3-4-9-17-12-7-5-11(6-8-12)10-13(16)14(15)18/h2,5,7-8,11,13,17H,1,3-4,6,9-10,16H2/t11-,13+/m0/s1. The first-order valence-electron chi connectivity index (χ1n) is 6.31. The van der Waals surface area contributed by atoms with Crippen LogP contribution in [0, 0.1) is 5.92 Å². The summed E-state index contributed by atoms with van der Waals surface area (Å²) in [5, 5.41) is 2.90. The zero-order chi connectivity index (χ0) is 13.4. The highest BCUT2D eigenvalue weighted by Crippen LogP contribution is 2.20. The molecule has 0 saturated carbocycles. The van der Waals surface area contributed by atoms with E-state index in [1.807, 2.05) is 12.2 Å². The fraction of sp³-hybridized carbons (Fsp3) is 0.500. The molecule has 0 saturated heterocycles. The molecular weight excluding hydrogens is 248 g/mol. The van der Waals surface area contributed by atoms with Gasteiger partial charge in [0.15, 0.2) is 0 Å². The molecule has 0 radical (unpaired) electrons. The second-order valence-electron chi connectivity index (χ2n) is 4.52. The molecule has 0 unspecified atom stereocenters. The monoisotopic (exact) mass is 268 g/mol. The smallest absolute Gasteiger partial charge is 0.238 e. The molecule has 1 rings (SSSR count). The van der Waals surface area contributed by atoms with Crippen molar-refractivity contribution < 1.29 is 4.79 Å². The van der Waals surface area contributed by atoms with Gasteiger partial charge in [0, 0.05) is 12.2 Å². The Morgan fingerprint density at radius 3 is 3.06 bits per heavy atom. The minimum Gasteiger partial charge on any atom is -0.385 e. The van der Waals surface area contributed by atoms with Crippen LogP contribution in [0.5, 0.6) is 0 Å². The van der Waals surface area contributed by atoms with E-state index in [1.165, 1.54) is 0 Å². The third-order valence-corrected chi connectivity index (χ3v) is 3.23. The zero-order valence-electron chi connectivity index (χ0n) is 10.6. The van der Waals surface area contributed by atoms with Crippen LogP contribution >= 0.6 is 11.6 Å². The Hall–Kier alpha value is -1.06. The Kier molecular flexibility index (Phi) is 6.76. The van der Waals surface area contributed by atoms with Gasteiger partial charge < -0.3 is 11.1 Å². The lowest BCUT2D eigenvalue weighted by atomic mass is 9.93. The van der Waals surface area contributed by atoms with Crippen molar-refractivity contribution in [1.29, 1.82) is 0 Å². The first-order chi connectivity index (χ1) is 8.63. The van der Waals surface area contributed by atoms with Crippen molar-refractivity contribution in [2.45, 2.75) is 31.7 Å². The number of nitrogens with two attached hydrogens (primary N) is 1. The van der Waals surface area contributed by atoms with Gasteiger partial charge in [-0.3, -0.25) is 4.79 Å². The van der Waals surface area contributed by atoms with Crippen LogP contribution in [0.15, 0.2) is 36.6 Å². The van der Waals surface area contributed by atoms with Gasteiger partial charge in [-0.1, -0.05) is 18.2 Å². The van der Waals surface area contributed by atoms with E-state index in [9.17, 15) is 4.79 Å². The summed E-state index contributed by atoms with van der Waals surface area (Å²) >= 11 is 5.35. The van der Waals surface area contributed by atoms with E-state index >= 15 is 0 Å². The number of carbonyl (C=O) groups is 1. The molecule has 0 aromatic carbocycles. The maximum absolute atomic E-state index is 10.9. The number of nitrogens with one attached hydrogen (secondary N) is 1. The molecular formula is C14H21ClN2O. The molecule has 4 heteroatoms. The number of unbranched alkanes of at least 4 members (excludes halogenated alkanes) is 1. The van der Waals surface area contributed by atoms with Gasteiger partial charge in [0.2, 0.25) is 5.24 Å². The summed E-state index contributed by atoms with van der Waals surface area (Å²) in [4.78, 5) is 10.9. The molecule has 1 aliphatic carbocycles. The fourth-order valence-corrected chi connectivity index (χ4v) is 1.96. The van der Waals surface area contributed by atoms with Gasteiger partial charge in [0.1, 0.15) is 0 Å². The maximum atomic E-state index is 10.9. The minimum atomic E-state index is -0.559. The maximum Gasteiger partial charge on any atom is 0.238 e. The lowest BCUT2D eigenvalue weighted by Gasteiger charge is -2.18. The van der Waals surface area contributed by atoms with Crippen molar-refractivity contribution in [3.63, 3.8) is 0 Å². The van der Waals surface area contributed by atoms with Gasteiger partial charge in [0.05, 0.1) is 6.04 Å². The van der Waals surface area contributed by atoms with Crippen LogP contribution in [0.3, 0.4) is 0 Å². The molecule has 0 fully saturated rings. The lowest BCUT2D eigenvalue weighted by Crippen LogP contribution is -2.29. The van der Waals surface area contributed by atoms with E-state index in [0.29, 0.717) is 12.3 Å². The normalized spacial score (nSPS) is 20.1. The van der Waals surface area contributed by atoms with Crippen molar-refractivity contribution >= 4 is 16.8 Å². The van der Waals surface area contributed by atoms with Gasteiger partial charge in [-0.25, -0.2) is 0 Å². The van der Waals surface area contributed by atoms with E-state index in [2.05, 4.69) is 24.0 Å². The molecule has 0 amide bonds. The number of hydrogen-bond donors (Lipinski definition) is 2. The molecule has 0 aromatic rings. The van der Waals surface area contributed by atoms with E-state index in [0.717, 1.165) is 31.5 Å². The van der Waals surface area contributed by atoms with E-state index in [4.69, 9.17) is 17.3 Å². The lowest BCUT2D eigenvalue weighted by molar-refractivity contribution is -0.113. The van der Waals surface area contributed by atoms with Gasteiger partial charge >= 0.3 is 0 Å². The molecule has 0 heterocycles. The van der Waals surface area contributed by atoms with Crippen molar-refractivity contribution in [3.05, 3.63) is 36.6 Å². The second-order valence-corrected chi connectivity index (χ2v) is 4.89. The first kappa shape index (κ1) is 15.0. The molecule has 3 N–H and O–H groups in total. The summed E-state index contributed by atoms with van der Waals surface area (Å²) in [6, 6.07) is -0.559. The number of halogens is 1. The zero-order valence-corrected chi connectivity index (χ0v) is 11.3. The van der Waals surface area contributed by atoms with Gasteiger partial charge in [0.25, 0.3) is 0 Å². The van der Waals surface area contributed by atoms with Crippen molar-refractivity contribution in [2.75, 3.05) is 6.54 Å². The van der Waals surface area contributed by atoms with Gasteiger partial charge in [-0.2, -0.15) is 0 Å².